The zero-order chi connectivity index (χ0) is 12.3. The van der Waals surface area contributed by atoms with Gasteiger partial charge in [0.2, 0.25) is 0 Å². The molecule has 17 heavy (non-hydrogen) atoms. The van der Waals surface area contributed by atoms with Gasteiger partial charge in [-0.05, 0) is 38.1 Å². The highest BCUT2D eigenvalue weighted by Gasteiger charge is 2.08. The molecule has 0 radical (unpaired) electrons. The average Bonchev–Trinajstić information content (AvgIpc) is 2.75. The Balaban J connectivity index is 1.92. The van der Waals surface area contributed by atoms with Crippen LogP contribution in [0, 0.1) is 6.92 Å². The molecule has 0 aliphatic rings. The molecule has 2 N–H and O–H groups in total. The van der Waals surface area contributed by atoms with Gasteiger partial charge in [-0.3, -0.25) is 4.98 Å². The van der Waals surface area contributed by atoms with Crippen molar-refractivity contribution < 1.29 is 9.52 Å². The summed E-state index contributed by atoms with van der Waals surface area (Å²) in [5.41, 5.74) is 0.887. The highest BCUT2D eigenvalue weighted by Crippen LogP contribution is 2.16. The summed E-state index contributed by atoms with van der Waals surface area (Å²) in [6.07, 6.45) is 1.44. The molecule has 0 spiro atoms. The fourth-order valence-electron chi connectivity index (χ4n) is 1.57. The van der Waals surface area contributed by atoms with Crippen molar-refractivity contribution in [2.24, 2.45) is 0 Å². The van der Waals surface area contributed by atoms with Crippen LogP contribution in [0.3, 0.4) is 0 Å². The first kappa shape index (κ1) is 11.7. The van der Waals surface area contributed by atoms with Crippen LogP contribution in [0.25, 0.3) is 0 Å². The summed E-state index contributed by atoms with van der Waals surface area (Å²) < 4.78 is 5.53. The van der Waals surface area contributed by atoms with Gasteiger partial charge >= 0.3 is 0 Å². The van der Waals surface area contributed by atoms with Gasteiger partial charge in [0.15, 0.2) is 0 Å². The number of rotatable bonds is 4. The molecule has 1 atom stereocenters. The van der Waals surface area contributed by atoms with Gasteiger partial charge in [-0.15, -0.1) is 0 Å². The van der Waals surface area contributed by atoms with Crippen molar-refractivity contribution >= 4 is 0 Å². The molecule has 1 unspecified atom stereocenters. The fraction of sp³-hybridized carbons (Fsp3) is 0.308. The highest BCUT2D eigenvalue weighted by atomic mass is 16.3. The van der Waals surface area contributed by atoms with Crippen LogP contribution < -0.4 is 5.32 Å². The predicted molar refractivity (Wildman–Crippen MR) is 64.6 cm³/mol. The van der Waals surface area contributed by atoms with Crippen LogP contribution in [0.2, 0.25) is 0 Å². The zero-order valence-electron chi connectivity index (χ0n) is 9.97. The van der Waals surface area contributed by atoms with Crippen LogP contribution in [0.15, 0.2) is 34.9 Å². The smallest absolute Gasteiger partial charge is 0.133 e. The van der Waals surface area contributed by atoms with E-state index in [1.807, 2.05) is 26.0 Å². The Morgan fingerprint density at radius 3 is 2.76 bits per heavy atom. The molecule has 2 aromatic rings. The van der Waals surface area contributed by atoms with Crippen LogP contribution >= 0.6 is 0 Å². The number of nitrogens with zero attached hydrogens (tertiary/aromatic N) is 1. The molecule has 0 bridgehead atoms. The van der Waals surface area contributed by atoms with E-state index in [9.17, 15) is 0 Å². The lowest BCUT2D eigenvalue weighted by molar-refractivity contribution is 0.414. The Morgan fingerprint density at radius 2 is 2.18 bits per heavy atom. The number of aromatic hydroxyl groups is 1. The van der Waals surface area contributed by atoms with Gasteiger partial charge in [0.1, 0.15) is 17.3 Å². The average molecular weight is 232 g/mol. The molecule has 0 saturated heterocycles. The Bertz CT molecular complexity index is 476. The van der Waals surface area contributed by atoms with Crippen molar-refractivity contribution in [3.8, 4) is 5.75 Å². The van der Waals surface area contributed by atoms with E-state index in [0.717, 1.165) is 17.2 Å². The normalized spacial score (nSPS) is 12.6. The first-order chi connectivity index (χ1) is 8.15. The van der Waals surface area contributed by atoms with E-state index in [0.29, 0.717) is 6.54 Å². The first-order valence-corrected chi connectivity index (χ1v) is 5.59. The van der Waals surface area contributed by atoms with E-state index in [-0.39, 0.29) is 11.8 Å². The van der Waals surface area contributed by atoms with Gasteiger partial charge in [-0.25, -0.2) is 0 Å². The lowest BCUT2D eigenvalue weighted by atomic mass is 10.2. The second-order valence-corrected chi connectivity index (χ2v) is 4.06. The number of nitrogens with one attached hydrogen (secondary N) is 1. The third-order valence-corrected chi connectivity index (χ3v) is 2.59. The molecule has 2 rings (SSSR count). The number of pyridine rings is 1. The minimum Gasteiger partial charge on any atom is -0.506 e. The molecule has 0 aliphatic carbocycles. The Labute approximate surface area is 100 Å². The summed E-state index contributed by atoms with van der Waals surface area (Å²) in [6, 6.07) is 7.48. The molecule has 0 saturated carbocycles. The van der Waals surface area contributed by atoms with Crippen LogP contribution in [-0.4, -0.2) is 10.1 Å². The van der Waals surface area contributed by atoms with E-state index in [4.69, 9.17) is 9.52 Å². The van der Waals surface area contributed by atoms with Gasteiger partial charge < -0.3 is 14.8 Å². The van der Waals surface area contributed by atoms with E-state index >= 15 is 0 Å². The van der Waals surface area contributed by atoms with Crippen LogP contribution in [-0.2, 0) is 6.54 Å². The van der Waals surface area contributed by atoms with Crippen LogP contribution in [0.5, 0.6) is 5.75 Å². The fourth-order valence-corrected chi connectivity index (χ4v) is 1.57. The topological polar surface area (TPSA) is 58.3 Å². The van der Waals surface area contributed by atoms with E-state index in [1.54, 1.807) is 12.1 Å². The maximum absolute atomic E-state index is 9.12. The number of aromatic nitrogens is 1. The summed E-state index contributed by atoms with van der Waals surface area (Å²) >= 11 is 0. The van der Waals surface area contributed by atoms with Gasteiger partial charge in [-0.1, -0.05) is 0 Å². The number of furan rings is 1. The summed E-state index contributed by atoms with van der Waals surface area (Å²) in [4.78, 5) is 4.11. The van der Waals surface area contributed by atoms with Crippen molar-refractivity contribution in [1.82, 2.24) is 10.3 Å². The summed E-state index contributed by atoms with van der Waals surface area (Å²) in [5, 5.41) is 12.4. The summed E-state index contributed by atoms with van der Waals surface area (Å²) in [7, 11) is 0. The van der Waals surface area contributed by atoms with Gasteiger partial charge in [0.05, 0.1) is 17.9 Å². The zero-order valence-corrected chi connectivity index (χ0v) is 9.97. The SMILES string of the molecule is Cc1ccc(C(C)NCc2ccc(O)cn2)o1. The molecule has 4 heteroatoms. The quantitative estimate of drug-likeness (QED) is 0.850. The van der Waals surface area contributed by atoms with Crippen molar-refractivity contribution in [3.05, 3.63) is 47.7 Å². The molecular weight excluding hydrogens is 216 g/mol. The lowest BCUT2D eigenvalue weighted by Crippen LogP contribution is -2.18. The maximum Gasteiger partial charge on any atom is 0.133 e. The molecule has 0 amide bonds. The van der Waals surface area contributed by atoms with E-state index < -0.39 is 0 Å². The van der Waals surface area contributed by atoms with Gasteiger partial charge in [0.25, 0.3) is 0 Å². The van der Waals surface area contributed by atoms with Crippen LogP contribution in [0.1, 0.15) is 30.2 Å². The highest BCUT2D eigenvalue weighted by molar-refractivity contribution is 5.18. The molecular formula is C13H16N2O2. The molecule has 2 aromatic heterocycles. The molecule has 2 heterocycles. The molecule has 0 aromatic carbocycles. The van der Waals surface area contributed by atoms with E-state index in [1.165, 1.54) is 6.20 Å². The van der Waals surface area contributed by atoms with Gasteiger partial charge in [-0.2, -0.15) is 0 Å². The Hall–Kier alpha value is -1.81. The van der Waals surface area contributed by atoms with Crippen molar-refractivity contribution in [1.29, 1.82) is 0 Å². The third kappa shape index (κ3) is 3.07. The maximum atomic E-state index is 9.12. The minimum absolute atomic E-state index is 0.138. The second kappa shape index (κ2) is 5.01. The molecule has 0 fully saturated rings. The van der Waals surface area contributed by atoms with Crippen molar-refractivity contribution in [2.45, 2.75) is 26.4 Å². The van der Waals surface area contributed by atoms with Crippen LogP contribution in [0.4, 0.5) is 0 Å². The number of hydrogen-bond acceptors (Lipinski definition) is 4. The Kier molecular flexibility index (Phi) is 3.44. The largest absolute Gasteiger partial charge is 0.506 e. The standard InChI is InChI=1S/C13H16N2O2/c1-9-3-6-13(17-9)10(2)14-7-11-4-5-12(16)8-15-11/h3-6,8,10,14,16H,7H2,1-2H3. The molecule has 0 aliphatic heterocycles. The van der Waals surface area contributed by atoms with Gasteiger partial charge in [0, 0.05) is 6.54 Å². The lowest BCUT2D eigenvalue weighted by Gasteiger charge is -2.10. The first-order valence-electron chi connectivity index (χ1n) is 5.59. The van der Waals surface area contributed by atoms with E-state index in [2.05, 4.69) is 10.3 Å². The predicted octanol–water partition coefficient (Wildman–Crippen LogP) is 2.54. The minimum atomic E-state index is 0.138. The summed E-state index contributed by atoms with van der Waals surface area (Å²) in [5.74, 6) is 2.01. The Morgan fingerprint density at radius 1 is 1.35 bits per heavy atom. The summed E-state index contributed by atoms with van der Waals surface area (Å²) in [6.45, 7) is 4.61. The molecule has 4 nitrogen and oxygen atoms in total. The number of hydrogen-bond donors (Lipinski definition) is 2. The number of aryl methyl sites for hydroxylation is 1. The monoisotopic (exact) mass is 232 g/mol. The third-order valence-electron chi connectivity index (χ3n) is 2.59. The van der Waals surface area contributed by atoms with Crippen molar-refractivity contribution in [3.63, 3.8) is 0 Å². The second-order valence-electron chi connectivity index (χ2n) is 4.06. The van der Waals surface area contributed by atoms with Crippen molar-refractivity contribution in [2.75, 3.05) is 0 Å². The molecule has 90 valence electrons.